The molecule has 6 rings (SSSR count). The molecule has 5 aromatic rings. The molecule has 12 heteroatoms. The molecule has 0 bridgehead atoms. The molecule has 2 heterocycles. The number of hydrogen-bond acceptors (Lipinski definition) is 7. The van der Waals surface area contributed by atoms with E-state index >= 15 is 0 Å². The third-order valence-electron chi connectivity index (χ3n) is 8.11. The SMILES string of the molecule is COc1cc(C2C(C(=O)Nc3cccc(C)c3C)=C(C)Nc3nc(SCc4ccccc4Cl)nn32)cc(Br)c1OCc1ccc(Cl)cc1. The number of fused-ring (bicyclic) bond motifs is 1. The number of thioether (sulfide) groups is 1. The lowest BCUT2D eigenvalue weighted by Crippen LogP contribution is -2.31. The van der Waals surface area contributed by atoms with Crippen LogP contribution >= 0.6 is 50.9 Å². The van der Waals surface area contributed by atoms with Crippen molar-refractivity contribution < 1.29 is 14.3 Å². The zero-order chi connectivity index (χ0) is 33.9. The Bertz CT molecular complexity index is 2030. The Kier molecular flexibility index (Phi) is 10.4. The zero-order valence-electron chi connectivity index (χ0n) is 26.6. The summed E-state index contributed by atoms with van der Waals surface area (Å²) in [6.45, 7) is 6.19. The van der Waals surface area contributed by atoms with Gasteiger partial charge in [0.25, 0.3) is 5.91 Å². The molecule has 1 amide bonds. The number of amides is 1. The molecule has 2 N–H and O–H groups in total. The van der Waals surface area contributed by atoms with Crippen LogP contribution in [0.25, 0.3) is 0 Å². The smallest absolute Gasteiger partial charge is 0.255 e. The summed E-state index contributed by atoms with van der Waals surface area (Å²) >= 11 is 17.7. The van der Waals surface area contributed by atoms with Crippen molar-refractivity contribution in [3.8, 4) is 11.5 Å². The van der Waals surface area contributed by atoms with Crippen LogP contribution in [-0.4, -0.2) is 27.8 Å². The fraction of sp³-hybridized carbons (Fsp3) is 0.194. The average Bonchev–Trinajstić information content (AvgIpc) is 3.48. The van der Waals surface area contributed by atoms with Gasteiger partial charge in [-0.15, -0.1) is 5.10 Å². The highest BCUT2D eigenvalue weighted by atomic mass is 79.9. The second kappa shape index (κ2) is 14.7. The minimum absolute atomic E-state index is 0.261. The van der Waals surface area contributed by atoms with Crippen molar-refractivity contribution in [1.82, 2.24) is 14.8 Å². The van der Waals surface area contributed by atoms with Crippen molar-refractivity contribution in [3.05, 3.63) is 132 Å². The Hall–Kier alpha value is -3.96. The Morgan fingerprint density at radius 2 is 1.81 bits per heavy atom. The normalized spacial score (nSPS) is 13.9. The molecular formula is C36H32BrCl2N5O3S. The lowest BCUT2D eigenvalue weighted by Gasteiger charge is -2.29. The minimum Gasteiger partial charge on any atom is -0.493 e. The number of halogens is 3. The number of anilines is 2. The van der Waals surface area contributed by atoms with Gasteiger partial charge in [0.15, 0.2) is 11.5 Å². The van der Waals surface area contributed by atoms with Crippen LogP contribution in [0.4, 0.5) is 11.6 Å². The lowest BCUT2D eigenvalue weighted by atomic mass is 9.94. The number of aromatic nitrogens is 3. The lowest BCUT2D eigenvalue weighted by molar-refractivity contribution is -0.113. The maximum absolute atomic E-state index is 14.2. The molecule has 0 spiro atoms. The van der Waals surface area contributed by atoms with Gasteiger partial charge in [-0.05, 0) is 101 Å². The second-order valence-corrected chi connectivity index (χ2v) is 13.9. The largest absolute Gasteiger partial charge is 0.493 e. The number of rotatable bonds is 10. The summed E-state index contributed by atoms with van der Waals surface area (Å²) in [6.07, 6.45) is 0. The molecule has 0 saturated carbocycles. The van der Waals surface area contributed by atoms with Crippen molar-refractivity contribution in [3.63, 3.8) is 0 Å². The van der Waals surface area contributed by atoms with Gasteiger partial charge in [-0.25, -0.2) is 4.68 Å². The molecule has 0 aliphatic carbocycles. The molecule has 1 aromatic heterocycles. The van der Waals surface area contributed by atoms with E-state index in [-0.39, 0.29) is 5.91 Å². The van der Waals surface area contributed by atoms with Gasteiger partial charge in [-0.3, -0.25) is 4.79 Å². The molecular weight excluding hydrogens is 733 g/mol. The number of nitrogens with zero attached hydrogens (tertiary/aromatic N) is 3. The number of carbonyl (C=O) groups is 1. The standard InChI is InChI=1S/C36H32BrCl2N5O3S/c1-20-8-7-11-29(21(20)2)41-34(45)31-22(3)40-35-42-36(48-19-24-9-5-6-10-28(24)39)43-44(35)32(31)25-16-27(37)33(30(17-25)46-4)47-18-23-12-14-26(38)15-13-23/h5-17,32H,18-19H2,1-4H3,(H,41,45)(H,40,42,43). The molecule has 1 unspecified atom stereocenters. The van der Waals surface area contributed by atoms with E-state index in [2.05, 4.69) is 26.6 Å². The molecule has 1 atom stereocenters. The fourth-order valence-corrected chi connectivity index (χ4v) is 7.22. The van der Waals surface area contributed by atoms with Crippen LogP contribution in [-0.2, 0) is 17.2 Å². The number of ether oxygens (including phenoxy) is 2. The van der Waals surface area contributed by atoms with Gasteiger partial charge in [0.05, 0.1) is 17.2 Å². The first kappa shape index (κ1) is 33.9. The van der Waals surface area contributed by atoms with E-state index in [1.165, 1.54) is 11.8 Å². The number of allylic oxidation sites excluding steroid dienone is 1. The highest BCUT2D eigenvalue weighted by molar-refractivity contribution is 9.10. The van der Waals surface area contributed by atoms with E-state index < -0.39 is 6.04 Å². The molecule has 0 saturated heterocycles. The van der Waals surface area contributed by atoms with Gasteiger partial charge in [-0.2, -0.15) is 4.98 Å². The number of nitrogens with one attached hydrogen (secondary N) is 2. The number of aryl methyl sites for hydroxylation is 1. The van der Waals surface area contributed by atoms with Gasteiger partial charge in [0.1, 0.15) is 12.6 Å². The summed E-state index contributed by atoms with van der Waals surface area (Å²) in [7, 11) is 1.59. The van der Waals surface area contributed by atoms with E-state index in [0.29, 0.717) is 60.8 Å². The maximum atomic E-state index is 14.2. The van der Waals surface area contributed by atoms with Crippen LogP contribution in [0.15, 0.2) is 99.8 Å². The topological polar surface area (TPSA) is 90.3 Å². The van der Waals surface area contributed by atoms with Crippen LogP contribution in [0.3, 0.4) is 0 Å². The first-order valence-corrected chi connectivity index (χ1v) is 17.6. The average molecular weight is 766 g/mol. The van der Waals surface area contributed by atoms with E-state index in [1.807, 2.05) is 99.6 Å². The molecule has 48 heavy (non-hydrogen) atoms. The maximum Gasteiger partial charge on any atom is 0.255 e. The minimum atomic E-state index is -0.649. The molecule has 8 nitrogen and oxygen atoms in total. The Labute approximate surface area is 302 Å². The summed E-state index contributed by atoms with van der Waals surface area (Å²) < 4.78 is 14.5. The number of benzene rings is 4. The summed E-state index contributed by atoms with van der Waals surface area (Å²) in [4.78, 5) is 19.0. The Morgan fingerprint density at radius 3 is 2.56 bits per heavy atom. The van der Waals surface area contributed by atoms with Gasteiger partial charge in [0, 0.05) is 27.2 Å². The van der Waals surface area contributed by atoms with Crippen molar-refractivity contribution in [2.75, 3.05) is 17.7 Å². The fourth-order valence-electron chi connectivity index (χ4n) is 5.40. The first-order valence-electron chi connectivity index (χ1n) is 15.1. The number of hydrogen-bond donors (Lipinski definition) is 2. The first-order chi connectivity index (χ1) is 23.1. The van der Waals surface area contributed by atoms with Crippen molar-refractivity contribution in [1.29, 1.82) is 0 Å². The van der Waals surface area contributed by atoms with Crippen LogP contribution in [0.2, 0.25) is 10.0 Å². The summed E-state index contributed by atoms with van der Waals surface area (Å²) in [5.74, 6) is 1.86. The molecule has 1 aliphatic rings. The highest BCUT2D eigenvalue weighted by Gasteiger charge is 2.35. The van der Waals surface area contributed by atoms with Crippen LogP contribution < -0.4 is 20.1 Å². The highest BCUT2D eigenvalue weighted by Crippen LogP contribution is 2.44. The second-order valence-electron chi connectivity index (χ2n) is 11.3. The molecule has 246 valence electrons. The third kappa shape index (κ3) is 7.22. The van der Waals surface area contributed by atoms with Gasteiger partial charge in [-0.1, -0.05) is 77.4 Å². The Balaban J connectivity index is 1.38. The quantitative estimate of drug-likeness (QED) is 0.137. The third-order valence-corrected chi connectivity index (χ3v) is 10.2. The zero-order valence-corrected chi connectivity index (χ0v) is 30.5. The van der Waals surface area contributed by atoms with E-state index in [0.717, 1.165) is 33.5 Å². The summed E-state index contributed by atoms with van der Waals surface area (Å²) in [6, 6.07) is 24.2. The van der Waals surface area contributed by atoms with Crippen LogP contribution in [0, 0.1) is 13.8 Å². The monoisotopic (exact) mass is 763 g/mol. The van der Waals surface area contributed by atoms with E-state index in [1.54, 1.807) is 11.8 Å². The molecule has 1 aliphatic heterocycles. The predicted octanol–water partition coefficient (Wildman–Crippen LogP) is 9.77. The number of methoxy groups -OCH3 is 1. The van der Waals surface area contributed by atoms with Gasteiger partial charge >= 0.3 is 0 Å². The van der Waals surface area contributed by atoms with Crippen LogP contribution in [0.5, 0.6) is 11.5 Å². The summed E-state index contributed by atoms with van der Waals surface area (Å²) in [5.41, 5.74) is 6.64. The Morgan fingerprint density at radius 1 is 1.04 bits per heavy atom. The van der Waals surface area contributed by atoms with Crippen molar-refractivity contribution in [2.24, 2.45) is 0 Å². The molecule has 4 aromatic carbocycles. The van der Waals surface area contributed by atoms with E-state index in [4.69, 9.17) is 42.8 Å². The van der Waals surface area contributed by atoms with Crippen molar-refractivity contribution >= 4 is 68.4 Å². The summed E-state index contributed by atoms with van der Waals surface area (Å²) in [5, 5.41) is 13.2. The van der Waals surface area contributed by atoms with Crippen molar-refractivity contribution in [2.45, 2.75) is 44.3 Å². The van der Waals surface area contributed by atoms with Gasteiger partial charge < -0.3 is 20.1 Å². The molecule has 0 fully saturated rings. The predicted molar refractivity (Wildman–Crippen MR) is 197 cm³/mol. The van der Waals surface area contributed by atoms with E-state index in [9.17, 15) is 4.79 Å². The van der Waals surface area contributed by atoms with Gasteiger partial charge in [0.2, 0.25) is 11.1 Å². The molecule has 0 radical (unpaired) electrons. The van der Waals surface area contributed by atoms with Crippen LogP contribution in [0.1, 0.15) is 40.8 Å². The number of carbonyl (C=O) groups excluding carboxylic acids is 1.